The zero-order valence-electron chi connectivity index (χ0n) is 12.7. The molecular weight excluding hydrogens is 236 g/mol. The molecule has 2 heteroatoms. The van der Waals surface area contributed by atoms with Gasteiger partial charge in [0.05, 0.1) is 0 Å². The smallest absolute Gasteiger partial charge is 0.0471 e. The van der Waals surface area contributed by atoms with Gasteiger partial charge in [0.15, 0.2) is 0 Å². The van der Waals surface area contributed by atoms with Crippen LogP contribution in [0.25, 0.3) is 0 Å². The summed E-state index contributed by atoms with van der Waals surface area (Å²) in [4.78, 5) is 0. The van der Waals surface area contributed by atoms with Crippen molar-refractivity contribution < 1.29 is 10.2 Å². The van der Waals surface area contributed by atoms with Gasteiger partial charge in [0.1, 0.15) is 0 Å². The average molecular weight is 264 g/mol. The summed E-state index contributed by atoms with van der Waals surface area (Å²) in [5, 5.41) is 19.9. The number of fused-ring (bicyclic) bond motifs is 1. The maximum absolute atomic E-state index is 10.00. The quantitative estimate of drug-likeness (QED) is 0.753. The fourth-order valence-electron chi connectivity index (χ4n) is 6.04. The SMILES string of the molecule is C[C@@H]1CC[C@@]23C(=C[C@@](C)([C@H](CO)[C@@H]2CO)C3(C)C)C1. The summed E-state index contributed by atoms with van der Waals surface area (Å²) in [5.74, 6) is 1.22. The third kappa shape index (κ3) is 1.26. The first-order valence-corrected chi connectivity index (χ1v) is 7.79. The Morgan fingerprint density at radius 2 is 1.79 bits per heavy atom. The van der Waals surface area contributed by atoms with E-state index in [1.165, 1.54) is 19.3 Å². The number of hydrogen-bond acceptors (Lipinski definition) is 2. The molecule has 0 unspecified atom stereocenters. The van der Waals surface area contributed by atoms with E-state index in [0.717, 1.165) is 5.92 Å². The van der Waals surface area contributed by atoms with Gasteiger partial charge in [-0.1, -0.05) is 39.3 Å². The van der Waals surface area contributed by atoms with E-state index in [9.17, 15) is 10.2 Å². The highest BCUT2D eigenvalue weighted by molar-refractivity contribution is 5.41. The lowest BCUT2D eigenvalue weighted by molar-refractivity contribution is 0.0214. The van der Waals surface area contributed by atoms with E-state index in [0.29, 0.717) is 0 Å². The van der Waals surface area contributed by atoms with E-state index in [4.69, 9.17) is 0 Å². The number of aliphatic hydroxyl groups is 2. The Labute approximate surface area is 116 Å². The summed E-state index contributed by atoms with van der Waals surface area (Å²) in [7, 11) is 0. The maximum Gasteiger partial charge on any atom is 0.0471 e. The second kappa shape index (κ2) is 3.85. The van der Waals surface area contributed by atoms with Crippen LogP contribution in [-0.2, 0) is 0 Å². The van der Waals surface area contributed by atoms with Gasteiger partial charge in [-0.2, -0.15) is 0 Å². The second-order valence-electron chi connectivity index (χ2n) is 7.97. The summed E-state index contributed by atoms with van der Waals surface area (Å²) < 4.78 is 0. The Kier molecular flexibility index (Phi) is 2.77. The lowest BCUT2D eigenvalue weighted by Gasteiger charge is -2.49. The van der Waals surface area contributed by atoms with Crippen LogP contribution in [0.3, 0.4) is 0 Å². The maximum atomic E-state index is 10.00. The molecule has 3 aliphatic rings. The Morgan fingerprint density at radius 3 is 2.37 bits per heavy atom. The molecule has 0 aromatic rings. The molecule has 1 spiro atoms. The molecule has 2 nitrogen and oxygen atoms in total. The van der Waals surface area contributed by atoms with Crippen molar-refractivity contribution in [3.63, 3.8) is 0 Å². The average Bonchev–Trinajstić information content (AvgIpc) is 2.60. The third-order valence-electron chi connectivity index (χ3n) is 7.39. The molecule has 3 aliphatic carbocycles. The van der Waals surface area contributed by atoms with Crippen molar-refractivity contribution in [1.29, 1.82) is 0 Å². The fourth-order valence-corrected chi connectivity index (χ4v) is 6.04. The first-order valence-electron chi connectivity index (χ1n) is 7.79. The zero-order chi connectivity index (χ0) is 14.1. The van der Waals surface area contributed by atoms with Crippen molar-refractivity contribution in [3.05, 3.63) is 11.6 Å². The Hall–Kier alpha value is -0.340. The van der Waals surface area contributed by atoms with E-state index in [1.807, 2.05) is 0 Å². The van der Waals surface area contributed by atoms with Gasteiger partial charge < -0.3 is 10.2 Å². The molecule has 0 aromatic heterocycles. The van der Waals surface area contributed by atoms with Gasteiger partial charge in [-0.15, -0.1) is 0 Å². The minimum absolute atomic E-state index is 0.0363. The number of allylic oxidation sites excluding steroid dienone is 2. The summed E-state index contributed by atoms with van der Waals surface area (Å²) >= 11 is 0. The van der Waals surface area contributed by atoms with Crippen molar-refractivity contribution in [1.82, 2.24) is 0 Å². The fraction of sp³-hybridized carbons (Fsp3) is 0.882. The normalized spacial score (nSPS) is 51.1. The highest BCUT2D eigenvalue weighted by atomic mass is 16.3. The number of hydrogen-bond donors (Lipinski definition) is 2. The monoisotopic (exact) mass is 264 g/mol. The highest BCUT2D eigenvalue weighted by Crippen LogP contribution is 2.78. The van der Waals surface area contributed by atoms with Crippen molar-refractivity contribution in [2.75, 3.05) is 13.2 Å². The highest BCUT2D eigenvalue weighted by Gasteiger charge is 2.73. The minimum Gasteiger partial charge on any atom is -0.396 e. The molecule has 0 aromatic carbocycles. The van der Waals surface area contributed by atoms with E-state index in [1.54, 1.807) is 5.57 Å². The van der Waals surface area contributed by atoms with Crippen LogP contribution in [0.15, 0.2) is 11.6 Å². The number of aliphatic hydroxyl groups excluding tert-OH is 2. The van der Waals surface area contributed by atoms with Gasteiger partial charge in [-0.3, -0.25) is 0 Å². The van der Waals surface area contributed by atoms with Crippen LogP contribution >= 0.6 is 0 Å². The molecule has 2 saturated carbocycles. The molecule has 0 aliphatic heterocycles. The molecule has 2 fully saturated rings. The summed E-state index contributed by atoms with van der Waals surface area (Å²) in [6, 6.07) is 0. The first kappa shape index (κ1) is 13.6. The molecule has 0 radical (unpaired) electrons. The molecule has 0 heterocycles. The third-order valence-corrected chi connectivity index (χ3v) is 7.39. The molecule has 19 heavy (non-hydrogen) atoms. The van der Waals surface area contributed by atoms with Crippen LogP contribution in [0.5, 0.6) is 0 Å². The van der Waals surface area contributed by atoms with Crippen molar-refractivity contribution in [3.8, 4) is 0 Å². The Morgan fingerprint density at radius 1 is 1.16 bits per heavy atom. The van der Waals surface area contributed by atoms with Gasteiger partial charge in [-0.25, -0.2) is 0 Å². The van der Waals surface area contributed by atoms with Crippen molar-refractivity contribution in [2.24, 2.45) is 34.0 Å². The van der Waals surface area contributed by atoms with E-state index in [-0.39, 0.29) is 41.3 Å². The summed E-state index contributed by atoms with van der Waals surface area (Å²) in [6.45, 7) is 9.80. The molecular formula is C17H28O2. The predicted octanol–water partition coefficient (Wildman–Crippen LogP) is 3.00. The van der Waals surface area contributed by atoms with Gasteiger partial charge >= 0.3 is 0 Å². The molecule has 2 N–H and O–H groups in total. The van der Waals surface area contributed by atoms with Crippen molar-refractivity contribution in [2.45, 2.75) is 47.0 Å². The lowest BCUT2D eigenvalue weighted by atomic mass is 9.55. The van der Waals surface area contributed by atoms with Gasteiger partial charge in [-0.05, 0) is 47.8 Å². The summed E-state index contributed by atoms with van der Waals surface area (Å²) in [5.41, 5.74) is 1.91. The van der Waals surface area contributed by atoms with Crippen LogP contribution < -0.4 is 0 Å². The number of rotatable bonds is 2. The predicted molar refractivity (Wildman–Crippen MR) is 76.6 cm³/mol. The van der Waals surface area contributed by atoms with E-state index < -0.39 is 0 Å². The Bertz CT molecular complexity index is 425. The van der Waals surface area contributed by atoms with Gasteiger partial charge in [0.25, 0.3) is 0 Å². The van der Waals surface area contributed by atoms with E-state index in [2.05, 4.69) is 33.8 Å². The van der Waals surface area contributed by atoms with Crippen LogP contribution in [0, 0.1) is 34.0 Å². The standard InChI is InChI=1S/C17H28O2/c1-11-5-6-17-12(7-11)8-16(4,15(17,2)3)13(9-18)14(17)10-19/h8,11,13-14,18-19H,5-7,9-10H2,1-4H3/t11-,13-,14+,16+,17-/m1/s1. The molecule has 5 atom stereocenters. The molecule has 2 bridgehead atoms. The molecule has 3 rings (SSSR count). The topological polar surface area (TPSA) is 40.5 Å². The summed E-state index contributed by atoms with van der Waals surface area (Å²) in [6.07, 6.45) is 6.11. The minimum atomic E-state index is 0.0363. The second-order valence-corrected chi connectivity index (χ2v) is 7.97. The van der Waals surface area contributed by atoms with E-state index >= 15 is 0 Å². The van der Waals surface area contributed by atoms with Crippen molar-refractivity contribution >= 4 is 0 Å². The molecule has 0 saturated heterocycles. The largest absolute Gasteiger partial charge is 0.396 e. The van der Waals surface area contributed by atoms with Gasteiger partial charge in [0.2, 0.25) is 0 Å². The van der Waals surface area contributed by atoms with Crippen LogP contribution in [0.1, 0.15) is 47.0 Å². The van der Waals surface area contributed by atoms with Crippen LogP contribution in [-0.4, -0.2) is 23.4 Å². The molecule has 0 amide bonds. The van der Waals surface area contributed by atoms with Gasteiger partial charge in [0, 0.05) is 18.6 Å². The first-order chi connectivity index (χ1) is 8.85. The Balaban J connectivity index is 2.17. The lowest BCUT2D eigenvalue weighted by Crippen LogP contribution is -2.43. The zero-order valence-corrected chi connectivity index (χ0v) is 12.7. The van der Waals surface area contributed by atoms with Crippen LogP contribution in [0.2, 0.25) is 0 Å². The van der Waals surface area contributed by atoms with Crippen LogP contribution in [0.4, 0.5) is 0 Å². The molecule has 108 valence electrons.